The maximum absolute atomic E-state index is 12.3. The van der Waals surface area contributed by atoms with Gasteiger partial charge in [-0.1, -0.05) is 239 Å². The van der Waals surface area contributed by atoms with Crippen molar-refractivity contribution in [3.05, 3.63) is 0 Å². The molecule has 0 bridgehead atoms. The highest BCUT2D eigenvalue weighted by molar-refractivity contribution is 4.88. The summed E-state index contributed by atoms with van der Waals surface area (Å²) in [5.74, 6) is -8.64. The lowest BCUT2D eigenvalue weighted by Crippen LogP contribution is -2.43. The molecule has 0 spiro atoms. The fourth-order valence-corrected chi connectivity index (χ4v) is 6.24. The molecule has 0 aromatic heterocycles. The van der Waals surface area contributed by atoms with Crippen molar-refractivity contribution in [2.75, 3.05) is 0 Å². The quantitative estimate of drug-likeness (QED) is 0.135. The van der Waals surface area contributed by atoms with Crippen molar-refractivity contribution >= 4 is 0 Å². The maximum Gasteiger partial charge on any atom is 0.400 e. The third kappa shape index (κ3) is 55.3. The van der Waals surface area contributed by atoms with Crippen LogP contribution in [0.5, 0.6) is 0 Å². The van der Waals surface area contributed by atoms with Crippen LogP contribution in [0.1, 0.15) is 265 Å². The van der Waals surface area contributed by atoms with Crippen molar-refractivity contribution in [1.82, 2.24) is 0 Å². The highest BCUT2D eigenvalue weighted by Crippen LogP contribution is 2.50. The Hall–Kier alpha value is -2.10. The average molecular weight is 1470 g/mol. The van der Waals surface area contributed by atoms with E-state index in [1.807, 2.05) is 13.8 Å². The van der Waals surface area contributed by atoms with Gasteiger partial charge in [0.25, 0.3) is 0 Å². The first kappa shape index (κ1) is 111. The van der Waals surface area contributed by atoms with Crippen LogP contribution in [0.2, 0.25) is 0 Å². The van der Waals surface area contributed by atoms with E-state index in [1.54, 1.807) is 111 Å². The number of alkyl halides is 30. The van der Waals surface area contributed by atoms with Gasteiger partial charge in [0, 0.05) is 12.8 Å². The minimum Gasteiger partial charge on any atom is -0.171 e. The molecule has 30 heteroatoms. The number of halogens is 30. The first-order chi connectivity index (χ1) is 40.9. The number of hydrogen-bond donors (Lipinski definition) is 0. The van der Waals surface area contributed by atoms with Gasteiger partial charge in [-0.05, 0) is 65.1 Å². The molecular formula is C65H118F30. The summed E-state index contributed by atoms with van der Waals surface area (Å²) in [4.78, 5) is 0. The zero-order valence-corrected chi connectivity index (χ0v) is 61.3. The highest BCUT2D eigenvalue weighted by atomic mass is 19.4. The molecular weight excluding hydrogens is 1350 g/mol. The van der Waals surface area contributed by atoms with Crippen molar-refractivity contribution < 1.29 is 132 Å². The first-order valence-electron chi connectivity index (χ1n) is 31.5. The molecule has 3 unspecified atom stereocenters. The molecule has 0 radical (unpaired) electrons. The van der Waals surface area contributed by atoms with Crippen molar-refractivity contribution in [2.24, 2.45) is 92.2 Å². The summed E-state index contributed by atoms with van der Waals surface area (Å²) in [5.41, 5.74) is -6.04. The Kier molecular flexibility index (Phi) is 52.0. The predicted molar refractivity (Wildman–Crippen MR) is 322 cm³/mol. The molecule has 0 nitrogen and oxygen atoms in total. The van der Waals surface area contributed by atoms with E-state index in [0.29, 0.717) is 38.5 Å². The molecule has 0 amide bonds. The Morgan fingerprint density at radius 3 is 0.705 bits per heavy atom. The second kappa shape index (κ2) is 44.3. The van der Waals surface area contributed by atoms with Crippen LogP contribution in [0.4, 0.5) is 132 Å². The van der Waals surface area contributed by atoms with Gasteiger partial charge in [0.2, 0.25) is 0 Å². The molecule has 0 saturated carbocycles. The highest BCUT2D eigenvalue weighted by Gasteiger charge is 2.57. The van der Waals surface area contributed by atoms with Crippen LogP contribution < -0.4 is 0 Å². The van der Waals surface area contributed by atoms with Gasteiger partial charge in [-0.15, -0.1) is 0 Å². The van der Waals surface area contributed by atoms with E-state index < -0.39 is 138 Å². The lowest BCUT2D eigenvalue weighted by atomic mass is 9.69. The lowest BCUT2D eigenvalue weighted by molar-refractivity contribution is -0.287. The third-order valence-corrected chi connectivity index (χ3v) is 17.6. The SMILES string of the molecule is CC(C)(C)C(C)(C)C(F)(F)F.CC(C)C(C)(C)C(F)(F)F.CC(C)CC(C(F)(F)F)C(F)(F)F.CC(C)[C@@H](C)C(C)C(F)(F)F.CCC(C)(C)CC(F)(F)F.CCC(C)[C@@H](C)C(F)(F)F.CCC(CC)CC(F)(F)F.CCCC(C)(C)C(F)(F)F.CC[C@H](C)C(C)C(F)(F)F. The molecule has 0 N–H and O–H groups in total. The van der Waals surface area contributed by atoms with E-state index in [9.17, 15) is 132 Å². The maximum atomic E-state index is 12.3. The Labute approximate surface area is 549 Å². The summed E-state index contributed by atoms with van der Waals surface area (Å²) >= 11 is 0. The average Bonchev–Trinajstić information content (AvgIpc) is 0.799. The van der Waals surface area contributed by atoms with Crippen LogP contribution >= 0.6 is 0 Å². The normalized spacial score (nSPS) is 15.5. The van der Waals surface area contributed by atoms with E-state index in [1.165, 1.54) is 76.2 Å². The summed E-state index contributed by atoms with van der Waals surface area (Å²) < 4.78 is 358. The Morgan fingerprint density at radius 2 is 0.642 bits per heavy atom. The Morgan fingerprint density at radius 1 is 0.337 bits per heavy atom. The number of rotatable bonds is 16. The van der Waals surface area contributed by atoms with Crippen LogP contribution in [0.3, 0.4) is 0 Å². The molecule has 0 aliphatic carbocycles. The summed E-state index contributed by atoms with van der Waals surface area (Å²) in [6.07, 6.45) is -41.2. The topological polar surface area (TPSA) is 0 Å². The minimum atomic E-state index is -5.19. The van der Waals surface area contributed by atoms with Gasteiger partial charge in [0.1, 0.15) is 0 Å². The van der Waals surface area contributed by atoms with E-state index >= 15 is 0 Å². The fraction of sp³-hybridized carbons (Fsp3) is 1.00. The van der Waals surface area contributed by atoms with Crippen molar-refractivity contribution in [2.45, 2.75) is 327 Å². The van der Waals surface area contributed by atoms with Crippen molar-refractivity contribution in [1.29, 1.82) is 0 Å². The summed E-state index contributed by atoms with van der Waals surface area (Å²) in [5, 5.41) is 0. The zero-order chi connectivity index (χ0) is 79.9. The molecule has 6 atom stereocenters. The largest absolute Gasteiger partial charge is 0.400 e. The van der Waals surface area contributed by atoms with Gasteiger partial charge in [-0.2, -0.15) is 132 Å². The Balaban J connectivity index is -0.000000125. The summed E-state index contributed by atoms with van der Waals surface area (Å²) in [6, 6.07) is 0. The van der Waals surface area contributed by atoms with Crippen molar-refractivity contribution in [3.8, 4) is 0 Å². The van der Waals surface area contributed by atoms with Gasteiger partial charge in [0.15, 0.2) is 5.92 Å². The summed E-state index contributed by atoms with van der Waals surface area (Å²) in [7, 11) is 0. The first-order valence-corrected chi connectivity index (χ1v) is 31.5. The summed E-state index contributed by atoms with van der Waals surface area (Å²) in [6.45, 7) is 44.1. The van der Waals surface area contributed by atoms with Crippen LogP contribution in [0, 0.1) is 92.2 Å². The van der Waals surface area contributed by atoms with Gasteiger partial charge >= 0.3 is 61.8 Å². The van der Waals surface area contributed by atoms with Gasteiger partial charge in [0.05, 0.1) is 34.0 Å². The fourth-order valence-electron chi connectivity index (χ4n) is 6.24. The van der Waals surface area contributed by atoms with E-state index in [0.717, 1.165) is 0 Å². The molecule has 0 heterocycles. The molecule has 0 fully saturated rings. The Bertz CT molecular complexity index is 1770. The second-order valence-corrected chi connectivity index (χ2v) is 28.8. The smallest absolute Gasteiger partial charge is 0.171 e. The molecule has 95 heavy (non-hydrogen) atoms. The van der Waals surface area contributed by atoms with Gasteiger partial charge < -0.3 is 0 Å². The van der Waals surface area contributed by atoms with E-state index in [4.69, 9.17) is 0 Å². The molecule has 0 rings (SSSR count). The van der Waals surface area contributed by atoms with E-state index in [2.05, 4.69) is 0 Å². The van der Waals surface area contributed by atoms with Crippen LogP contribution in [0.25, 0.3) is 0 Å². The molecule has 0 aliphatic rings. The lowest BCUT2D eigenvalue weighted by Gasteiger charge is -2.40. The zero-order valence-electron chi connectivity index (χ0n) is 61.3. The van der Waals surface area contributed by atoms with Crippen LogP contribution in [0.15, 0.2) is 0 Å². The minimum absolute atomic E-state index is 0.0895. The monoisotopic (exact) mass is 1470 g/mol. The predicted octanol–water partition coefficient (Wildman–Crippen LogP) is 30.7. The molecule has 0 saturated heterocycles. The molecule has 0 aromatic carbocycles. The third-order valence-electron chi connectivity index (χ3n) is 17.6. The van der Waals surface area contributed by atoms with Gasteiger partial charge in [-0.3, -0.25) is 0 Å². The molecule has 0 aromatic rings. The molecule has 0 aliphatic heterocycles. The molecule has 588 valence electrons. The van der Waals surface area contributed by atoms with Crippen LogP contribution in [-0.4, -0.2) is 61.8 Å². The van der Waals surface area contributed by atoms with Crippen LogP contribution in [-0.2, 0) is 0 Å². The van der Waals surface area contributed by atoms with E-state index in [-0.39, 0.29) is 41.9 Å². The second-order valence-electron chi connectivity index (χ2n) is 28.8. The standard InChI is InChI=1S/2C8H15F3.C7H10F6.6C7H13F3/c1-6(2,3)7(4,5)8(9,10)11;1-5(2)6(3)7(4)8(9,10)11;1-4(2)3-5(6(8,9)10)7(11,12)13;1-5(2)6(3,4)7(8,9)10;1-4-6(2,3)5-7(8,9)10;1-4-5-6(2,3)7(8,9)10;2*1-4-5(2)6(3)7(8,9)10;1-3-6(4-2)5-7(8,9)10/h1-5H3;5-7H,1-4H3;4-5H,3H2,1-2H3;5H,1-4H3;2*4-5H2,1-3H3;2*5-6H,4H2,1-3H3;6H,3-5H2,1-2H3/t;6-,7?;;;;;5?,6-;5-,6?;/m.1....10./s1. The van der Waals surface area contributed by atoms with Gasteiger partial charge in [-0.25, -0.2) is 0 Å². The van der Waals surface area contributed by atoms with Crippen molar-refractivity contribution in [3.63, 3.8) is 0 Å². The number of hydrogen-bond acceptors (Lipinski definition) is 0.